The fourth-order valence-electron chi connectivity index (χ4n) is 2.32. The van der Waals surface area contributed by atoms with Gasteiger partial charge in [-0.25, -0.2) is 0 Å². The Balaban J connectivity index is 2.41. The van der Waals surface area contributed by atoms with Crippen molar-refractivity contribution in [1.29, 1.82) is 0 Å². The highest BCUT2D eigenvalue weighted by atomic mass is 16.2. The lowest BCUT2D eigenvalue weighted by Crippen LogP contribution is -2.44. The summed E-state index contributed by atoms with van der Waals surface area (Å²) in [7, 11) is 0. The normalized spacial score (nSPS) is 22.2. The first kappa shape index (κ1) is 15.2. The fourth-order valence-corrected chi connectivity index (χ4v) is 2.32. The Morgan fingerprint density at radius 3 is 2.56 bits per heavy atom. The van der Waals surface area contributed by atoms with Gasteiger partial charge in [0.05, 0.1) is 6.54 Å². The van der Waals surface area contributed by atoms with E-state index in [0.717, 1.165) is 19.4 Å². The summed E-state index contributed by atoms with van der Waals surface area (Å²) in [4.78, 5) is 25.2. The Morgan fingerprint density at radius 2 is 2.00 bits per heavy atom. The van der Waals surface area contributed by atoms with Gasteiger partial charge in [0.15, 0.2) is 0 Å². The zero-order valence-electron chi connectivity index (χ0n) is 12.0. The molecule has 0 aliphatic carbocycles. The summed E-state index contributed by atoms with van der Waals surface area (Å²) in [6.45, 7) is 9.20. The number of amides is 1. The first-order valence-corrected chi connectivity index (χ1v) is 6.93. The van der Waals surface area contributed by atoms with Crippen LogP contribution in [0.2, 0.25) is 0 Å². The van der Waals surface area contributed by atoms with Crippen molar-refractivity contribution < 1.29 is 9.59 Å². The lowest BCUT2D eigenvalue weighted by molar-refractivity contribution is -0.124. The molecule has 0 bridgehead atoms. The minimum atomic E-state index is 0.0756. The van der Waals surface area contributed by atoms with Crippen molar-refractivity contribution in [2.45, 2.75) is 59.0 Å². The second-order valence-electron chi connectivity index (χ2n) is 5.77. The first-order valence-electron chi connectivity index (χ1n) is 6.93. The van der Waals surface area contributed by atoms with E-state index < -0.39 is 0 Å². The molecule has 1 heterocycles. The van der Waals surface area contributed by atoms with Gasteiger partial charge in [0.1, 0.15) is 5.78 Å². The third-order valence-corrected chi connectivity index (χ3v) is 3.76. The number of hydrogen-bond acceptors (Lipinski definition) is 3. The van der Waals surface area contributed by atoms with Crippen molar-refractivity contribution in [3.8, 4) is 0 Å². The predicted octanol–water partition coefficient (Wildman–Crippen LogP) is 1.59. The molecule has 0 aromatic rings. The summed E-state index contributed by atoms with van der Waals surface area (Å²) in [5, 5.41) is 3.01. The SMILES string of the molecule is CC(=O)CC1CCCN1CC(=O)NC(C)C(C)C. The van der Waals surface area contributed by atoms with Crippen molar-refractivity contribution in [3.05, 3.63) is 0 Å². The highest BCUT2D eigenvalue weighted by molar-refractivity contribution is 5.79. The molecule has 1 aliphatic rings. The number of likely N-dealkylation sites (tertiary alicyclic amines) is 1. The summed E-state index contributed by atoms with van der Waals surface area (Å²) in [5.41, 5.74) is 0. The van der Waals surface area contributed by atoms with Crippen LogP contribution in [0.3, 0.4) is 0 Å². The van der Waals surface area contributed by atoms with Crippen LogP contribution in [-0.4, -0.2) is 41.8 Å². The zero-order chi connectivity index (χ0) is 13.7. The van der Waals surface area contributed by atoms with E-state index in [2.05, 4.69) is 24.1 Å². The van der Waals surface area contributed by atoms with Crippen molar-refractivity contribution in [3.63, 3.8) is 0 Å². The number of rotatable bonds is 6. The maximum Gasteiger partial charge on any atom is 0.234 e. The largest absolute Gasteiger partial charge is 0.352 e. The number of ketones is 1. The Kier molecular flexibility index (Phi) is 5.79. The molecule has 4 heteroatoms. The number of nitrogens with one attached hydrogen (secondary N) is 1. The van der Waals surface area contributed by atoms with E-state index in [-0.39, 0.29) is 23.8 Å². The van der Waals surface area contributed by atoms with Crippen LogP contribution in [0.5, 0.6) is 0 Å². The van der Waals surface area contributed by atoms with E-state index in [9.17, 15) is 9.59 Å². The van der Waals surface area contributed by atoms with Gasteiger partial charge < -0.3 is 5.32 Å². The summed E-state index contributed by atoms with van der Waals surface area (Å²) < 4.78 is 0. The molecule has 1 rings (SSSR count). The lowest BCUT2D eigenvalue weighted by atomic mass is 10.1. The quantitative estimate of drug-likeness (QED) is 0.783. The molecule has 0 aromatic heterocycles. The van der Waals surface area contributed by atoms with Crippen LogP contribution in [0.25, 0.3) is 0 Å². The maximum absolute atomic E-state index is 11.9. The standard InChI is InChI=1S/C14H26N2O2/c1-10(2)12(4)15-14(18)9-16-7-5-6-13(16)8-11(3)17/h10,12-13H,5-9H2,1-4H3,(H,15,18). The van der Waals surface area contributed by atoms with Crippen molar-refractivity contribution in [2.75, 3.05) is 13.1 Å². The number of carbonyl (C=O) groups is 2. The molecule has 2 unspecified atom stereocenters. The molecule has 104 valence electrons. The van der Waals surface area contributed by atoms with E-state index in [1.54, 1.807) is 6.92 Å². The van der Waals surface area contributed by atoms with Crippen molar-refractivity contribution >= 4 is 11.7 Å². The van der Waals surface area contributed by atoms with E-state index in [1.165, 1.54) is 0 Å². The maximum atomic E-state index is 11.9. The summed E-state index contributed by atoms with van der Waals surface area (Å²) in [6, 6.07) is 0.467. The van der Waals surface area contributed by atoms with Crippen molar-refractivity contribution in [2.24, 2.45) is 5.92 Å². The van der Waals surface area contributed by atoms with E-state index in [0.29, 0.717) is 18.9 Å². The highest BCUT2D eigenvalue weighted by Gasteiger charge is 2.27. The number of carbonyl (C=O) groups excluding carboxylic acids is 2. The molecule has 1 N–H and O–H groups in total. The molecule has 0 spiro atoms. The molecule has 1 amide bonds. The molecule has 0 saturated carbocycles. The third kappa shape index (κ3) is 4.77. The molecule has 1 saturated heterocycles. The minimum absolute atomic E-state index is 0.0756. The van der Waals surface area contributed by atoms with Crippen LogP contribution < -0.4 is 5.32 Å². The number of Topliss-reactive ketones (excluding diaryl/α,β-unsaturated/α-hetero) is 1. The average molecular weight is 254 g/mol. The van der Waals surface area contributed by atoms with Crippen LogP contribution in [0.15, 0.2) is 0 Å². The second-order valence-corrected chi connectivity index (χ2v) is 5.77. The molecule has 1 aliphatic heterocycles. The van der Waals surface area contributed by atoms with Crippen LogP contribution in [-0.2, 0) is 9.59 Å². The molecular formula is C14H26N2O2. The average Bonchev–Trinajstić information content (AvgIpc) is 2.64. The van der Waals surface area contributed by atoms with E-state index in [1.807, 2.05) is 6.92 Å². The predicted molar refractivity (Wildman–Crippen MR) is 72.3 cm³/mol. The Bertz CT molecular complexity index is 302. The molecule has 2 atom stereocenters. The molecule has 1 fully saturated rings. The Morgan fingerprint density at radius 1 is 1.33 bits per heavy atom. The van der Waals surface area contributed by atoms with E-state index >= 15 is 0 Å². The van der Waals surface area contributed by atoms with Gasteiger partial charge in [0, 0.05) is 18.5 Å². The van der Waals surface area contributed by atoms with Gasteiger partial charge in [-0.3, -0.25) is 14.5 Å². The van der Waals surface area contributed by atoms with Crippen LogP contribution in [0.4, 0.5) is 0 Å². The van der Waals surface area contributed by atoms with Crippen molar-refractivity contribution in [1.82, 2.24) is 10.2 Å². The lowest BCUT2D eigenvalue weighted by Gasteiger charge is -2.25. The Hall–Kier alpha value is -0.900. The van der Waals surface area contributed by atoms with Gasteiger partial charge in [-0.15, -0.1) is 0 Å². The Labute approximate surface area is 110 Å². The first-order chi connectivity index (χ1) is 8.40. The minimum Gasteiger partial charge on any atom is -0.352 e. The van der Waals surface area contributed by atoms with Gasteiger partial charge in [-0.2, -0.15) is 0 Å². The van der Waals surface area contributed by atoms with E-state index in [4.69, 9.17) is 0 Å². The van der Waals surface area contributed by atoms with Gasteiger partial charge in [0.2, 0.25) is 5.91 Å². The van der Waals surface area contributed by atoms with Gasteiger partial charge in [-0.05, 0) is 39.2 Å². The fraction of sp³-hybridized carbons (Fsp3) is 0.857. The summed E-state index contributed by atoms with van der Waals surface area (Å²) in [5.74, 6) is 0.732. The van der Waals surface area contributed by atoms with Crippen LogP contribution in [0, 0.1) is 5.92 Å². The topological polar surface area (TPSA) is 49.4 Å². The molecule has 0 aromatic carbocycles. The zero-order valence-corrected chi connectivity index (χ0v) is 12.0. The third-order valence-electron chi connectivity index (χ3n) is 3.76. The van der Waals surface area contributed by atoms with Crippen LogP contribution in [0.1, 0.15) is 47.0 Å². The van der Waals surface area contributed by atoms with Gasteiger partial charge in [0.25, 0.3) is 0 Å². The summed E-state index contributed by atoms with van der Waals surface area (Å²) >= 11 is 0. The van der Waals surface area contributed by atoms with Gasteiger partial charge in [-0.1, -0.05) is 13.8 Å². The summed E-state index contributed by atoms with van der Waals surface area (Å²) in [6.07, 6.45) is 2.70. The molecular weight excluding hydrogens is 228 g/mol. The molecule has 4 nitrogen and oxygen atoms in total. The van der Waals surface area contributed by atoms with Gasteiger partial charge >= 0.3 is 0 Å². The highest BCUT2D eigenvalue weighted by Crippen LogP contribution is 2.19. The second kappa shape index (κ2) is 6.88. The number of nitrogens with zero attached hydrogens (tertiary/aromatic N) is 1. The monoisotopic (exact) mass is 254 g/mol. The van der Waals surface area contributed by atoms with Crippen LogP contribution >= 0.6 is 0 Å². The molecule has 0 radical (unpaired) electrons. The molecule has 18 heavy (non-hydrogen) atoms. The number of hydrogen-bond donors (Lipinski definition) is 1. The smallest absolute Gasteiger partial charge is 0.234 e.